The fourth-order valence-corrected chi connectivity index (χ4v) is 1.88. The minimum Gasteiger partial charge on any atom is -0.494 e. The number of hydrogen-bond acceptors (Lipinski definition) is 2. The molecule has 1 aromatic rings. The maximum atomic E-state index is 10.1. The molecule has 0 saturated heterocycles. The van der Waals surface area contributed by atoms with Gasteiger partial charge in [0.2, 0.25) is 0 Å². The summed E-state index contributed by atoms with van der Waals surface area (Å²) in [5, 5.41) is 0.734. The predicted octanol–water partition coefficient (Wildman–Crippen LogP) is 4.65. The summed E-state index contributed by atoms with van der Waals surface area (Å²) in [6.07, 6.45) is 8.61. The molecule has 0 aliphatic carbocycles. The first-order valence-corrected chi connectivity index (χ1v) is 7.03. The van der Waals surface area contributed by atoms with E-state index in [0.717, 1.165) is 42.9 Å². The second-order valence-corrected chi connectivity index (χ2v) is 4.82. The Morgan fingerprint density at radius 2 is 1.56 bits per heavy atom. The minimum atomic E-state index is 0.708. The van der Waals surface area contributed by atoms with Crippen molar-refractivity contribution >= 4 is 17.9 Å². The van der Waals surface area contributed by atoms with Crippen LogP contribution in [-0.2, 0) is 4.79 Å². The van der Waals surface area contributed by atoms with Gasteiger partial charge >= 0.3 is 0 Å². The SMILES string of the molecule is O=CCCCCCCCCOc1ccc(Cl)cc1. The molecule has 0 amide bonds. The zero-order valence-corrected chi connectivity index (χ0v) is 11.5. The Morgan fingerprint density at radius 1 is 0.944 bits per heavy atom. The molecule has 0 atom stereocenters. The van der Waals surface area contributed by atoms with Crippen LogP contribution in [0.4, 0.5) is 0 Å². The smallest absolute Gasteiger partial charge is 0.119 e. The maximum Gasteiger partial charge on any atom is 0.119 e. The van der Waals surface area contributed by atoms with Gasteiger partial charge in [0, 0.05) is 11.4 Å². The Kier molecular flexibility index (Phi) is 8.32. The van der Waals surface area contributed by atoms with Gasteiger partial charge in [0.25, 0.3) is 0 Å². The lowest BCUT2D eigenvalue weighted by Crippen LogP contribution is -1.96. The van der Waals surface area contributed by atoms with Gasteiger partial charge in [-0.2, -0.15) is 0 Å². The number of unbranched alkanes of at least 4 members (excludes halogenated alkanes) is 6. The molecule has 0 aliphatic heterocycles. The van der Waals surface area contributed by atoms with Crippen LogP contribution in [0.2, 0.25) is 5.02 Å². The summed E-state index contributed by atoms with van der Waals surface area (Å²) >= 11 is 5.79. The van der Waals surface area contributed by atoms with Crippen LogP contribution in [-0.4, -0.2) is 12.9 Å². The van der Waals surface area contributed by atoms with Crippen molar-refractivity contribution in [1.29, 1.82) is 0 Å². The van der Waals surface area contributed by atoms with Crippen LogP contribution in [0.3, 0.4) is 0 Å². The average Bonchev–Trinajstić information content (AvgIpc) is 2.39. The molecule has 0 unspecified atom stereocenters. The molecule has 0 fully saturated rings. The molecular weight excluding hydrogens is 248 g/mol. The topological polar surface area (TPSA) is 26.3 Å². The van der Waals surface area contributed by atoms with Crippen molar-refractivity contribution in [3.63, 3.8) is 0 Å². The highest BCUT2D eigenvalue weighted by molar-refractivity contribution is 6.30. The highest BCUT2D eigenvalue weighted by Gasteiger charge is 1.95. The van der Waals surface area contributed by atoms with E-state index in [1.807, 2.05) is 24.3 Å². The highest BCUT2D eigenvalue weighted by Crippen LogP contribution is 2.16. The first kappa shape index (κ1) is 15.0. The van der Waals surface area contributed by atoms with Crippen LogP contribution in [0.25, 0.3) is 0 Å². The van der Waals surface area contributed by atoms with Gasteiger partial charge in [-0.1, -0.05) is 37.3 Å². The third kappa shape index (κ3) is 7.33. The van der Waals surface area contributed by atoms with Crippen LogP contribution in [0.5, 0.6) is 5.75 Å². The molecule has 0 aliphatic rings. The van der Waals surface area contributed by atoms with E-state index >= 15 is 0 Å². The van der Waals surface area contributed by atoms with Gasteiger partial charge < -0.3 is 9.53 Å². The van der Waals surface area contributed by atoms with Crippen LogP contribution in [0, 0.1) is 0 Å². The molecule has 0 saturated carbocycles. The maximum absolute atomic E-state index is 10.1. The Balaban J connectivity index is 1.92. The molecule has 2 nitrogen and oxygen atoms in total. The third-order valence-electron chi connectivity index (χ3n) is 2.80. The standard InChI is InChI=1S/C15H21ClO2/c16-14-8-10-15(11-9-14)18-13-7-5-3-1-2-4-6-12-17/h8-12H,1-7,13H2. The first-order chi connectivity index (χ1) is 8.83. The van der Waals surface area contributed by atoms with E-state index in [2.05, 4.69) is 0 Å². The molecule has 0 bridgehead atoms. The molecule has 0 aromatic heterocycles. The molecule has 0 N–H and O–H groups in total. The van der Waals surface area contributed by atoms with Crippen molar-refractivity contribution in [2.45, 2.75) is 44.9 Å². The quantitative estimate of drug-likeness (QED) is 0.456. The predicted molar refractivity (Wildman–Crippen MR) is 75.3 cm³/mol. The van der Waals surface area contributed by atoms with Crippen molar-refractivity contribution in [3.05, 3.63) is 29.3 Å². The Labute approximate surface area is 114 Å². The lowest BCUT2D eigenvalue weighted by molar-refractivity contribution is -0.107. The van der Waals surface area contributed by atoms with Crippen LogP contribution in [0.15, 0.2) is 24.3 Å². The molecule has 3 heteroatoms. The van der Waals surface area contributed by atoms with Gasteiger partial charge in [0.1, 0.15) is 12.0 Å². The van der Waals surface area contributed by atoms with Crippen molar-refractivity contribution < 1.29 is 9.53 Å². The Hall–Kier alpha value is -1.02. The van der Waals surface area contributed by atoms with Gasteiger partial charge in [-0.05, 0) is 37.1 Å². The van der Waals surface area contributed by atoms with Gasteiger partial charge in [0.15, 0.2) is 0 Å². The van der Waals surface area contributed by atoms with Crippen molar-refractivity contribution in [2.24, 2.45) is 0 Å². The van der Waals surface area contributed by atoms with Crippen LogP contribution in [0.1, 0.15) is 44.9 Å². The van der Waals surface area contributed by atoms with Crippen molar-refractivity contribution in [1.82, 2.24) is 0 Å². The number of carbonyl (C=O) groups is 1. The summed E-state index contributed by atoms with van der Waals surface area (Å²) in [4.78, 5) is 10.1. The molecule has 18 heavy (non-hydrogen) atoms. The van der Waals surface area contributed by atoms with Gasteiger partial charge in [0.05, 0.1) is 6.61 Å². The van der Waals surface area contributed by atoms with E-state index in [1.165, 1.54) is 19.3 Å². The van der Waals surface area contributed by atoms with Gasteiger partial charge in [-0.3, -0.25) is 0 Å². The lowest BCUT2D eigenvalue weighted by Gasteiger charge is -2.05. The van der Waals surface area contributed by atoms with Crippen molar-refractivity contribution in [2.75, 3.05) is 6.61 Å². The average molecular weight is 269 g/mol. The molecule has 100 valence electrons. The number of aldehydes is 1. The molecule has 0 radical (unpaired) electrons. The summed E-state index contributed by atoms with van der Waals surface area (Å²) in [6, 6.07) is 7.46. The zero-order chi connectivity index (χ0) is 13.1. The molecule has 0 spiro atoms. The molecule has 1 aromatic carbocycles. The van der Waals surface area contributed by atoms with E-state index in [1.54, 1.807) is 0 Å². The molecular formula is C15H21ClO2. The fraction of sp³-hybridized carbons (Fsp3) is 0.533. The van der Waals surface area contributed by atoms with E-state index in [-0.39, 0.29) is 0 Å². The molecule has 1 rings (SSSR count). The van der Waals surface area contributed by atoms with Gasteiger partial charge in [-0.15, -0.1) is 0 Å². The van der Waals surface area contributed by atoms with E-state index in [9.17, 15) is 4.79 Å². The number of hydrogen-bond donors (Lipinski definition) is 0. The van der Waals surface area contributed by atoms with Crippen LogP contribution < -0.4 is 4.74 Å². The fourth-order valence-electron chi connectivity index (χ4n) is 1.76. The first-order valence-electron chi connectivity index (χ1n) is 6.65. The summed E-state index contributed by atoms with van der Waals surface area (Å²) in [5.74, 6) is 0.880. The number of carbonyl (C=O) groups excluding carboxylic acids is 1. The Bertz CT molecular complexity index is 322. The monoisotopic (exact) mass is 268 g/mol. The Morgan fingerprint density at radius 3 is 2.22 bits per heavy atom. The van der Waals surface area contributed by atoms with Crippen LogP contribution >= 0.6 is 11.6 Å². The molecule has 0 heterocycles. The largest absolute Gasteiger partial charge is 0.494 e. The summed E-state index contributed by atoms with van der Waals surface area (Å²) < 4.78 is 5.60. The lowest BCUT2D eigenvalue weighted by atomic mass is 10.1. The van der Waals surface area contributed by atoms with E-state index in [4.69, 9.17) is 16.3 Å². The second-order valence-electron chi connectivity index (χ2n) is 4.38. The zero-order valence-electron chi connectivity index (χ0n) is 10.7. The second kappa shape index (κ2) is 9.95. The summed E-state index contributed by atoms with van der Waals surface area (Å²) in [7, 11) is 0. The number of benzene rings is 1. The highest BCUT2D eigenvalue weighted by atomic mass is 35.5. The minimum absolute atomic E-state index is 0.708. The van der Waals surface area contributed by atoms with E-state index in [0.29, 0.717) is 6.42 Å². The number of rotatable bonds is 10. The summed E-state index contributed by atoms with van der Waals surface area (Å²) in [6.45, 7) is 0.760. The third-order valence-corrected chi connectivity index (χ3v) is 3.05. The summed E-state index contributed by atoms with van der Waals surface area (Å²) in [5.41, 5.74) is 0. The number of halogens is 1. The van der Waals surface area contributed by atoms with E-state index < -0.39 is 0 Å². The number of ether oxygens (including phenoxy) is 1. The van der Waals surface area contributed by atoms with Gasteiger partial charge in [-0.25, -0.2) is 0 Å². The normalized spacial score (nSPS) is 10.3. The van der Waals surface area contributed by atoms with Crippen molar-refractivity contribution in [3.8, 4) is 5.75 Å².